The first-order valence-corrected chi connectivity index (χ1v) is 6.30. The Morgan fingerprint density at radius 1 is 1.39 bits per heavy atom. The van der Waals surface area contributed by atoms with Crippen molar-refractivity contribution in [1.29, 1.82) is 0 Å². The lowest BCUT2D eigenvalue weighted by molar-refractivity contribution is 0.174. The van der Waals surface area contributed by atoms with Crippen molar-refractivity contribution in [1.82, 2.24) is 9.97 Å². The number of aromatic amines is 1. The van der Waals surface area contributed by atoms with Crippen LogP contribution in [0.5, 0.6) is 11.5 Å². The molecule has 0 fully saturated rings. The van der Waals surface area contributed by atoms with E-state index in [1.807, 2.05) is 19.1 Å². The molecule has 18 heavy (non-hydrogen) atoms. The van der Waals surface area contributed by atoms with Gasteiger partial charge in [0, 0.05) is 0 Å². The fraction of sp³-hybridized carbons (Fsp3) is 0.250. The van der Waals surface area contributed by atoms with Gasteiger partial charge in [-0.3, -0.25) is 0 Å². The van der Waals surface area contributed by atoms with Crippen LogP contribution in [0.4, 0.5) is 0 Å². The van der Waals surface area contributed by atoms with Crippen LogP contribution in [0.3, 0.4) is 0 Å². The molecular formula is C12H12BrN3O2. The molecule has 3 rings (SSSR count). The van der Waals surface area contributed by atoms with Gasteiger partial charge in [-0.1, -0.05) is 0 Å². The van der Waals surface area contributed by atoms with Crippen LogP contribution < -0.4 is 15.2 Å². The van der Waals surface area contributed by atoms with E-state index in [0.29, 0.717) is 5.82 Å². The summed E-state index contributed by atoms with van der Waals surface area (Å²) in [6, 6.07) is 3.54. The van der Waals surface area contributed by atoms with E-state index in [1.54, 1.807) is 6.20 Å². The molecule has 0 aliphatic carbocycles. The average Bonchev–Trinajstić information content (AvgIpc) is 2.95. The fourth-order valence-corrected chi connectivity index (χ4v) is 2.32. The second-order valence-electron chi connectivity index (χ2n) is 4.16. The van der Waals surface area contributed by atoms with Gasteiger partial charge in [0.15, 0.2) is 11.5 Å². The van der Waals surface area contributed by atoms with E-state index in [1.165, 1.54) is 0 Å². The Morgan fingerprint density at radius 2 is 2.11 bits per heavy atom. The number of rotatable bonds is 2. The fourth-order valence-electron chi connectivity index (χ4n) is 2.01. The van der Waals surface area contributed by atoms with Crippen LogP contribution in [-0.2, 0) is 0 Å². The maximum absolute atomic E-state index is 6.21. The Labute approximate surface area is 112 Å². The van der Waals surface area contributed by atoms with E-state index < -0.39 is 0 Å². The molecule has 1 unspecified atom stereocenters. The summed E-state index contributed by atoms with van der Waals surface area (Å²) in [6.45, 7) is 2.26. The highest BCUT2D eigenvalue weighted by Crippen LogP contribution is 2.37. The Morgan fingerprint density at radius 3 is 2.78 bits per heavy atom. The smallest absolute Gasteiger partial charge is 0.231 e. The van der Waals surface area contributed by atoms with Crippen molar-refractivity contribution in [2.75, 3.05) is 6.79 Å². The number of fused-ring (bicyclic) bond motifs is 1. The monoisotopic (exact) mass is 309 g/mol. The number of ether oxygens (including phenoxy) is 2. The molecule has 1 aromatic heterocycles. The third-order valence-corrected chi connectivity index (χ3v) is 3.36. The molecule has 2 heterocycles. The first kappa shape index (κ1) is 11.6. The summed E-state index contributed by atoms with van der Waals surface area (Å²) in [4.78, 5) is 7.30. The van der Waals surface area contributed by atoms with Crippen molar-refractivity contribution in [3.63, 3.8) is 0 Å². The number of hydrogen-bond donors (Lipinski definition) is 2. The summed E-state index contributed by atoms with van der Waals surface area (Å²) in [7, 11) is 0. The second-order valence-corrected chi connectivity index (χ2v) is 5.01. The number of nitrogens with two attached hydrogens (primary N) is 1. The number of nitrogens with zero attached hydrogens (tertiary/aromatic N) is 1. The molecule has 0 saturated carbocycles. The zero-order valence-corrected chi connectivity index (χ0v) is 11.3. The minimum atomic E-state index is -0.314. The van der Waals surface area contributed by atoms with E-state index in [2.05, 4.69) is 25.9 Å². The third-order valence-electron chi connectivity index (χ3n) is 2.96. The van der Waals surface area contributed by atoms with Gasteiger partial charge in [0.05, 0.1) is 12.2 Å². The summed E-state index contributed by atoms with van der Waals surface area (Å²) >= 11 is 3.32. The van der Waals surface area contributed by atoms with Gasteiger partial charge in [0.1, 0.15) is 10.4 Å². The topological polar surface area (TPSA) is 73.2 Å². The van der Waals surface area contributed by atoms with Crippen molar-refractivity contribution in [3.8, 4) is 11.5 Å². The van der Waals surface area contributed by atoms with Gasteiger partial charge in [-0.15, -0.1) is 0 Å². The summed E-state index contributed by atoms with van der Waals surface area (Å²) in [5, 5.41) is 0. The van der Waals surface area contributed by atoms with Crippen LogP contribution in [0.25, 0.3) is 0 Å². The number of hydrogen-bond acceptors (Lipinski definition) is 4. The first-order valence-electron chi connectivity index (χ1n) is 5.51. The quantitative estimate of drug-likeness (QED) is 0.892. The summed E-state index contributed by atoms with van der Waals surface area (Å²) in [6.07, 6.45) is 1.69. The summed E-state index contributed by atoms with van der Waals surface area (Å²) in [5.74, 6) is 2.21. The van der Waals surface area contributed by atoms with Gasteiger partial charge < -0.3 is 20.2 Å². The minimum Gasteiger partial charge on any atom is -0.454 e. The Balaban J connectivity index is 2.01. The van der Waals surface area contributed by atoms with Crippen LogP contribution in [0.15, 0.2) is 22.9 Å². The molecule has 0 amide bonds. The summed E-state index contributed by atoms with van der Waals surface area (Å²) in [5.41, 5.74) is 8.24. The number of aromatic nitrogens is 2. The van der Waals surface area contributed by atoms with E-state index in [4.69, 9.17) is 15.2 Å². The molecule has 0 saturated heterocycles. The predicted octanol–water partition coefficient (Wildman–Crippen LogP) is 2.26. The van der Waals surface area contributed by atoms with Crippen molar-refractivity contribution in [2.24, 2.45) is 5.73 Å². The molecule has 1 atom stereocenters. The number of aryl methyl sites for hydroxylation is 1. The molecule has 94 valence electrons. The predicted molar refractivity (Wildman–Crippen MR) is 69.6 cm³/mol. The Hall–Kier alpha value is -1.53. The number of halogens is 1. The van der Waals surface area contributed by atoms with Crippen molar-refractivity contribution in [3.05, 3.63) is 39.9 Å². The van der Waals surface area contributed by atoms with Crippen molar-refractivity contribution in [2.45, 2.75) is 13.0 Å². The van der Waals surface area contributed by atoms with Crippen LogP contribution in [0.2, 0.25) is 0 Å². The Bertz CT molecular complexity index is 597. The molecule has 0 spiro atoms. The zero-order chi connectivity index (χ0) is 12.7. The SMILES string of the molecule is Cc1cc2c(cc1C(N)c1ncc(Br)[nH]1)OCO2. The molecule has 0 radical (unpaired) electrons. The van der Waals surface area contributed by atoms with E-state index >= 15 is 0 Å². The maximum atomic E-state index is 6.21. The number of H-pyrrole nitrogens is 1. The van der Waals surface area contributed by atoms with Gasteiger partial charge in [-0.05, 0) is 46.1 Å². The number of imidazole rings is 1. The molecule has 1 aliphatic rings. The zero-order valence-electron chi connectivity index (χ0n) is 9.74. The molecule has 1 aromatic carbocycles. The van der Waals surface area contributed by atoms with Gasteiger partial charge in [0.2, 0.25) is 6.79 Å². The Kier molecular flexibility index (Phi) is 2.76. The largest absolute Gasteiger partial charge is 0.454 e. The van der Waals surface area contributed by atoms with Gasteiger partial charge in [0.25, 0.3) is 0 Å². The standard InChI is InChI=1S/C12H12BrN3O2/c1-6-2-8-9(18-5-17-8)3-7(6)11(14)12-15-4-10(13)16-12/h2-4,11H,5,14H2,1H3,(H,15,16). The minimum absolute atomic E-state index is 0.264. The lowest BCUT2D eigenvalue weighted by Crippen LogP contribution is -2.14. The van der Waals surface area contributed by atoms with Gasteiger partial charge >= 0.3 is 0 Å². The van der Waals surface area contributed by atoms with Gasteiger partial charge in [-0.25, -0.2) is 4.98 Å². The summed E-state index contributed by atoms with van der Waals surface area (Å²) < 4.78 is 11.5. The number of nitrogens with one attached hydrogen (secondary N) is 1. The van der Waals surface area contributed by atoms with E-state index in [0.717, 1.165) is 27.2 Å². The molecular weight excluding hydrogens is 298 g/mol. The first-order chi connectivity index (χ1) is 8.65. The van der Waals surface area contributed by atoms with Gasteiger partial charge in [-0.2, -0.15) is 0 Å². The lowest BCUT2D eigenvalue weighted by Gasteiger charge is -2.13. The molecule has 0 bridgehead atoms. The van der Waals surface area contributed by atoms with Crippen molar-refractivity contribution < 1.29 is 9.47 Å². The lowest BCUT2D eigenvalue weighted by atomic mass is 10.0. The molecule has 1 aliphatic heterocycles. The normalized spacial score (nSPS) is 14.8. The van der Waals surface area contributed by atoms with Crippen molar-refractivity contribution >= 4 is 15.9 Å². The van der Waals surface area contributed by atoms with Crippen LogP contribution >= 0.6 is 15.9 Å². The molecule has 3 N–H and O–H groups in total. The maximum Gasteiger partial charge on any atom is 0.231 e. The van der Waals surface area contributed by atoms with E-state index in [-0.39, 0.29) is 12.8 Å². The van der Waals surface area contributed by atoms with Crippen LogP contribution in [0.1, 0.15) is 23.0 Å². The molecule has 2 aromatic rings. The highest BCUT2D eigenvalue weighted by atomic mass is 79.9. The number of benzene rings is 1. The highest BCUT2D eigenvalue weighted by Gasteiger charge is 2.20. The van der Waals surface area contributed by atoms with Crippen LogP contribution in [-0.4, -0.2) is 16.8 Å². The molecule has 6 heteroatoms. The average molecular weight is 310 g/mol. The highest BCUT2D eigenvalue weighted by molar-refractivity contribution is 9.10. The molecule has 5 nitrogen and oxygen atoms in total. The second kappa shape index (κ2) is 4.29. The van der Waals surface area contributed by atoms with Crippen LogP contribution in [0, 0.1) is 6.92 Å². The third kappa shape index (κ3) is 1.87. The van der Waals surface area contributed by atoms with E-state index in [9.17, 15) is 0 Å².